The Morgan fingerprint density at radius 2 is 1.60 bits per heavy atom. The minimum atomic E-state index is -0.415. The highest BCUT2D eigenvalue weighted by Crippen LogP contribution is 2.41. The Kier molecular flexibility index (Phi) is 6.62. The summed E-state index contributed by atoms with van der Waals surface area (Å²) in [7, 11) is 1.63. The van der Waals surface area contributed by atoms with Gasteiger partial charge in [-0.15, -0.1) is 0 Å². The van der Waals surface area contributed by atoms with Crippen LogP contribution in [0.25, 0.3) is 11.5 Å². The Balaban J connectivity index is 1.37. The van der Waals surface area contributed by atoms with Crippen LogP contribution in [-0.2, 0) is 16.6 Å². The topological polar surface area (TPSA) is 68.5 Å². The van der Waals surface area contributed by atoms with Gasteiger partial charge in [0.1, 0.15) is 5.75 Å². The molecule has 1 aliphatic heterocycles. The van der Waals surface area contributed by atoms with Crippen molar-refractivity contribution in [2.75, 3.05) is 20.2 Å². The molecule has 1 aliphatic rings. The molecule has 1 aromatic heterocycles. The van der Waals surface area contributed by atoms with Crippen molar-refractivity contribution in [3.8, 4) is 17.2 Å². The summed E-state index contributed by atoms with van der Waals surface area (Å²) in [5.41, 5.74) is 2.68. The average molecular weight is 468 g/mol. The normalized spacial score (nSPS) is 15.1. The minimum Gasteiger partial charge on any atom is -0.496 e. The standard InChI is InChI=1S/C29H29N3O3/c1-34-25-15-9-8-14-24(25)27-30-28(31-35-27)29(23-12-6-3-7-13-23)18-20-32(21-19-29)26(33)17-16-22-10-4-2-5-11-22/h2-15H,16-21H2,1H3. The second-order valence-corrected chi connectivity index (χ2v) is 8.94. The third kappa shape index (κ3) is 4.69. The molecule has 0 spiro atoms. The predicted octanol–water partition coefficient (Wildman–Crippen LogP) is 5.29. The molecule has 0 atom stereocenters. The van der Waals surface area contributed by atoms with E-state index in [1.165, 1.54) is 5.56 Å². The number of benzene rings is 3. The summed E-state index contributed by atoms with van der Waals surface area (Å²) >= 11 is 0. The van der Waals surface area contributed by atoms with Crippen molar-refractivity contribution in [3.05, 3.63) is 102 Å². The number of likely N-dealkylation sites (tertiary alicyclic amines) is 1. The molecule has 178 valence electrons. The van der Waals surface area contributed by atoms with Gasteiger partial charge >= 0.3 is 0 Å². The first-order valence-electron chi connectivity index (χ1n) is 12.0. The molecule has 0 radical (unpaired) electrons. The molecular formula is C29H29N3O3. The summed E-state index contributed by atoms with van der Waals surface area (Å²) in [5.74, 6) is 1.98. The highest BCUT2D eigenvalue weighted by molar-refractivity contribution is 5.76. The van der Waals surface area contributed by atoms with Gasteiger partial charge in [0.05, 0.1) is 18.1 Å². The summed E-state index contributed by atoms with van der Waals surface area (Å²) in [6.45, 7) is 1.31. The molecular weight excluding hydrogens is 438 g/mol. The number of hydrogen-bond acceptors (Lipinski definition) is 5. The van der Waals surface area contributed by atoms with E-state index in [0.717, 1.165) is 30.4 Å². The molecule has 4 aromatic rings. The van der Waals surface area contributed by atoms with Crippen LogP contribution in [0.2, 0.25) is 0 Å². The van der Waals surface area contributed by atoms with Gasteiger partial charge in [0.15, 0.2) is 5.82 Å². The first-order valence-corrected chi connectivity index (χ1v) is 12.0. The van der Waals surface area contributed by atoms with Gasteiger partial charge in [-0.1, -0.05) is 78.0 Å². The van der Waals surface area contributed by atoms with Gasteiger partial charge in [0, 0.05) is 19.5 Å². The van der Waals surface area contributed by atoms with Gasteiger partial charge < -0.3 is 14.2 Å². The lowest BCUT2D eigenvalue weighted by molar-refractivity contribution is -0.132. The quantitative estimate of drug-likeness (QED) is 0.370. The number of hydrogen-bond donors (Lipinski definition) is 0. The molecule has 1 saturated heterocycles. The fraction of sp³-hybridized carbons (Fsp3) is 0.276. The molecule has 5 rings (SSSR count). The Morgan fingerprint density at radius 1 is 0.943 bits per heavy atom. The molecule has 1 fully saturated rings. The Labute approximate surface area is 205 Å². The van der Waals surface area contributed by atoms with E-state index in [4.69, 9.17) is 14.2 Å². The zero-order valence-corrected chi connectivity index (χ0v) is 19.9. The first-order chi connectivity index (χ1) is 17.2. The number of rotatable bonds is 7. The number of piperidine rings is 1. The second kappa shape index (κ2) is 10.1. The third-order valence-corrected chi connectivity index (χ3v) is 6.96. The van der Waals surface area contributed by atoms with Gasteiger partial charge in [-0.2, -0.15) is 4.98 Å². The largest absolute Gasteiger partial charge is 0.496 e. The van der Waals surface area contributed by atoms with E-state index in [1.54, 1.807) is 7.11 Å². The van der Waals surface area contributed by atoms with Crippen LogP contribution in [0.5, 0.6) is 5.75 Å². The van der Waals surface area contributed by atoms with Crippen LogP contribution >= 0.6 is 0 Å². The number of aryl methyl sites for hydroxylation is 1. The molecule has 2 heterocycles. The molecule has 35 heavy (non-hydrogen) atoms. The molecule has 3 aromatic carbocycles. The van der Waals surface area contributed by atoms with Gasteiger partial charge in [0.2, 0.25) is 5.91 Å². The molecule has 1 amide bonds. The number of amides is 1. The second-order valence-electron chi connectivity index (χ2n) is 8.94. The Morgan fingerprint density at radius 3 is 2.31 bits per heavy atom. The van der Waals surface area contributed by atoms with E-state index in [-0.39, 0.29) is 5.91 Å². The number of carbonyl (C=O) groups is 1. The van der Waals surface area contributed by atoms with Gasteiger partial charge in [-0.3, -0.25) is 4.79 Å². The maximum Gasteiger partial charge on any atom is 0.261 e. The van der Waals surface area contributed by atoms with Crippen molar-refractivity contribution in [3.63, 3.8) is 0 Å². The number of para-hydroxylation sites is 1. The zero-order chi connectivity index (χ0) is 24.1. The van der Waals surface area contributed by atoms with Crippen LogP contribution in [0.4, 0.5) is 0 Å². The SMILES string of the molecule is COc1ccccc1-c1nc(C2(c3ccccc3)CCN(C(=O)CCc3ccccc3)CC2)no1. The molecule has 0 unspecified atom stereocenters. The summed E-state index contributed by atoms with van der Waals surface area (Å²) in [5, 5.41) is 4.44. The van der Waals surface area contributed by atoms with Crippen molar-refractivity contribution >= 4 is 5.91 Å². The molecule has 0 aliphatic carbocycles. The third-order valence-electron chi connectivity index (χ3n) is 6.96. The van der Waals surface area contributed by atoms with Gasteiger partial charge in [-0.05, 0) is 42.5 Å². The zero-order valence-electron chi connectivity index (χ0n) is 19.9. The Bertz CT molecular complexity index is 1260. The van der Waals surface area contributed by atoms with Crippen LogP contribution < -0.4 is 4.74 Å². The first kappa shape index (κ1) is 22.8. The molecule has 6 heteroatoms. The maximum absolute atomic E-state index is 13.0. The smallest absolute Gasteiger partial charge is 0.261 e. The number of nitrogens with zero attached hydrogens (tertiary/aromatic N) is 3. The highest BCUT2D eigenvalue weighted by atomic mass is 16.5. The van der Waals surface area contributed by atoms with Crippen LogP contribution in [0.3, 0.4) is 0 Å². The van der Waals surface area contributed by atoms with Crippen LogP contribution in [0.15, 0.2) is 89.5 Å². The molecule has 0 saturated carbocycles. The fourth-order valence-electron chi connectivity index (χ4n) is 4.94. The monoisotopic (exact) mass is 467 g/mol. The summed E-state index contributed by atoms with van der Waals surface area (Å²) in [6, 6.07) is 28.1. The molecule has 6 nitrogen and oxygen atoms in total. The highest BCUT2D eigenvalue weighted by Gasteiger charge is 2.42. The number of methoxy groups -OCH3 is 1. The van der Waals surface area contributed by atoms with Crippen LogP contribution in [0.1, 0.15) is 36.2 Å². The summed E-state index contributed by atoms with van der Waals surface area (Å²) < 4.78 is 11.2. The van der Waals surface area contributed by atoms with E-state index < -0.39 is 5.41 Å². The van der Waals surface area contributed by atoms with Crippen molar-refractivity contribution in [2.24, 2.45) is 0 Å². The maximum atomic E-state index is 13.0. The van der Waals surface area contributed by atoms with E-state index >= 15 is 0 Å². The van der Waals surface area contributed by atoms with Gasteiger partial charge in [-0.25, -0.2) is 0 Å². The number of carbonyl (C=O) groups excluding carboxylic acids is 1. The van der Waals surface area contributed by atoms with Crippen molar-refractivity contribution in [1.29, 1.82) is 0 Å². The van der Waals surface area contributed by atoms with E-state index in [0.29, 0.717) is 37.0 Å². The number of ether oxygens (including phenoxy) is 1. The van der Waals surface area contributed by atoms with E-state index in [1.807, 2.05) is 65.6 Å². The lowest BCUT2D eigenvalue weighted by atomic mass is 9.72. The fourth-order valence-corrected chi connectivity index (χ4v) is 4.94. The lowest BCUT2D eigenvalue weighted by Gasteiger charge is -2.40. The van der Waals surface area contributed by atoms with Crippen molar-refractivity contribution < 1.29 is 14.1 Å². The summed E-state index contributed by atoms with van der Waals surface area (Å²) in [6.07, 6.45) is 2.74. The lowest BCUT2D eigenvalue weighted by Crippen LogP contribution is -2.46. The summed E-state index contributed by atoms with van der Waals surface area (Å²) in [4.78, 5) is 19.8. The van der Waals surface area contributed by atoms with Crippen molar-refractivity contribution in [2.45, 2.75) is 31.1 Å². The molecule has 0 N–H and O–H groups in total. The van der Waals surface area contributed by atoms with Gasteiger partial charge in [0.25, 0.3) is 5.89 Å². The minimum absolute atomic E-state index is 0.193. The van der Waals surface area contributed by atoms with Crippen LogP contribution in [0, 0.1) is 0 Å². The van der Waals surface area contributed by atoms with E-state index in [2.05, 4.69) is 29.4 Å². The Hall–Kier alpha value is -3.93. The van der Waals surface area contributed by atoms with Crippen molar-refractivity contribution in [1.82, 2.24) is 15.0 Å². The van der Waals surface area contributed by atoms with E-state index in [9.17, 15) is 4.79 Å². The number of aromatic nitrogens is 2. The molecule has 0 bridgehead atoms. The predicted molar refractivity (Wildman–Crippen MR) is 134 cm³/mol. The average Bonchev–Trinajstić information content (AvgIpc) is 3.43. The van der Waals surface area contributed by atoms with Crippen LogP contribution in [-0.4, -0.2) is 41.1 Å².